The van der Waals surface area contributed by atoms with Gasteiger partial charge in [-0.05, 0) is 18.6 Å². The Morgan fingerprint density at radius 1 is 1.47 bits per heavy atom. The molecule has 0 radical (unpaired) electrons. The number of rotatable bonds is 2. The van der Waals surface area contributed by atoms with E-state index in [4.69, 9.17) is 0 Å². The Morgan fingerprint density at radius 3 is 2.87 bits per heavy atom. The average Bonchev–Trinajstić information content (AvgIpc) is 2.59. The fraction of sp³-hybridized carbons (Fsp3) is 0.200. The molecule has 0 fully saturated rings. The van der Waals surface area contributed by atoms with E-state index in [1.54, 1.807) is 23.9 Å². The number of nitrogens with zero attached hydrogens (tertiary/aromatic N) is 3. The van der Waals surface area contributed by atoms with E-state index in [-0.39, 0.29) is 5.82 Å². The summed E-state index contributed by atoms with van der Waals surface area (Å²) in [5, 5.41) is 7.05. The highest BCUT2D eigenvalue weighted by Crippen LogP contribution is 2.15. The zero-order valence-corrected chi connectivity index (χ0v) is 8.53. The van der Waals surface area contributed by atoms with Gasteiger partial charge in [0.15, 0.2) is 0 Å². The first-order valence-corrected chi connectivity index (χ1v) is 4.54. The molecular weight excluding hydrogens is 195 g/mol. The lowest BCUT2D eigenvalue weighted by Crippen LogP contribution is -2.01. The van der Waals surface area contributed by atoms with Crippen LogP contribution in [0.15, 0.2) is 24.5 Å². The first kappa shape index (κ1) is 9.64. The van der Waals surface area contributed by atoms with Crippen LogP contribution in [0, 0.1) is 12.7 Å². The van der Waals surface area contributed by atoms with Crippen molar-refractivity contribution in [2.75, 3.05) is 5.32 Å². The predicted molar refractivity (Wildman–Crippen MR) is 55.4 cm³/mol. The Labute approximate surface area is 86.8 Å². The molecule has 0 atom stereocenters. The third-order valence-electron chi connectivity index (χ3n) is 2.12. The van der Waals surface area contributed by atoms with Crippen LogP contribution in [0.2, 0.25) is 0 Å². The van der Waals surface area contributed by atoms with Crippen LogP contribution < -0.4 is 5.32 Å². The molecule has 0 aliphatic rings. The number of nitrogens with one attached hydrogen (secondary N) is 1. The smallest absolute Gasteiger partial charge is 0.144 e. The van der Waals surface area contributed by atoms with Crippen LogP contribution in [0.1, 0.15) is 5.56 Å². The number of hydrogen-bond donors (Lipinski definition) is 1. The first-order valence-electron chi connectivity index (χ1n) is 4.54. The number of hydrogen-bond acceptors (Lipinski definition) is 3. The molecule has 0 aromatic carbocycles. The SMILES string of the molecule is Cc1cc(Nc2ccnn2C)ncc1F. The molecule has 0 spiro atoms. The summed E-state index contributed by atoms with van der Waals surface area (Å²) in [5.74, 6) is 1.12. The van der Waals surface area contributed by atoms with Gasteiger partial charge in [-0.2, -0.15) is 5.10 Å². The standard InChI is InChI=1S/C10H11FN4/c1-7-5-9(12-6-8(7)11)14-10-3-4-13-15(10)2/h3-6H,1-2H3,(H,12,14). The molecule has 2 heterocycles. The van der Waals surface area contributed by atoms with E-state index >= 15 is 0 Å². The molecule has 2 aromatic heterocycles. The first-order chi connectivity index (χ1) is 7.16. The van der Waals surface area contributed by atoms with Gasteiger partial charge in [0.05, 0.1) is 12.4 Å². The zero-order chi connectivity index (χ0) is 10.8. The van der Waals surface area contributed by atoms with Gasteiger partial charge in [-0.3, -0.25) is 4.68 Å². The molecule has 0 amide bonds. The van der Waals surface area contributed by atoms with Gasteiger partial charge < -0.3 is 5.32 Å². The van der Waals surface area contributed by atoms with Gasteiger partial charge in [0.2, 0.25) is 0 Å². The van der Waals surface area contributed by atoms with Crippen molar-refractivity contribution in [2.24, 2.45) is 7.05 Å². The predicted octanol–water partition coefficient (Wildman–Crippen LogP) is 2.01. The molecular formula is C10H11FN4. The Balaban J connectivity index is 2.25. The third-order valence-corrected chi connectivity index (χ3v) is 2.12. The maximum absolute atomic E-state index is 12.9. The minimum absolute atomic E-state index is 0.300. The highest BCUT2D eigenvalue weighted by Gasteiger charge is 2.02. The van der Waals surface area contributed by atoms with Crippen molar-refractivity contribution in [3.05, 3.63) is 35.9 Å². The van der Waals surface area contributed by atoms with Crippen molar-refractivity contribution in [3.63, 3.8) is 0 Å². The second-order valence-electron chi connectivity index (χ2n) is 3.28. The summed E-state index contributed by atoms with van der Waals surface area (Å²) in [4.78, 5) is 3.93. The quantitative estimate of drug-likeness (QED) is 0.817. The number of anilines is 2. The van der Waals surface area contributed by atoms with E-state index in [1.807, 2.05) is 13.1 Å². The molecule has 0 unspecified atom stereocenters. The van der Waals surface area contributed by atoms with Gasteiger partial charge in [-0.15, -0.1) is 0 Å². The maximum Gasteiger partial charge on any atom is 0.144 e. The molecule has 2 rings (SSSR count). The summed E-state index contributed by atoms with van der Waals surface area (Å²) in [6.45, 7) is 1.70. The summed E-state index contributed by atoms with van der Waals surface area (Å²) in [7, 11) is 1.82. The normalized spacial score (nSPS) is 10.3. The third kappa shape index (κ3) is 1.96. The van der Waals surface area contributed by atoms with E-state index in [2.05, 4.69) is 15.4 Å². The van der Waals surface area contributed by atoms with Crippen LogP contribution >= 0.6 is 0 Å². The molecule has 0 aliphatic carbocycles. The molecule has 1 N–H and O–H groups in total. The highest BCUT2D eigenvalue weighted by atomic mass is 19.1. The topological polar surface area (TPSA) is 42.7 Å². The Bertz CT molecular complexity index is 478. The van der Waals surface area contributed by atoms with E-state index in [9.17, 15) is 4.39 Å². The molecule has 4 nitrogen and oxygen atoms in total. The van der Waals surface area contributed by atoms with Crippen molar-refractivity contribution in [2.45, 2.75) is 6.92 Å². The van der Waals surface area contributed by atoms with Crippen LogP contribution in [-0.2, 0) is 7.05 Å². The minimum Gasteiger partial charge on any atom is -0.325 e. The molecule has 15 heavy (non-hydrogen) atoms. The second-order valence-corrected chi connectivity index (χ2v) is 3.28. The van der Waals surface area contributed by atoms with Crippen LogP contribution in [-0.4, -0.2) is 14.8 Å². The summed E-state index contributed by atoms with van der Waals surface area (Å²) in [6, 6.07) is 3.47. The highest BCUT2D eigenvalue weighted by molar-refractivity contribution is 5.52. The van der Waals surface area contributed by atoms with E-state index in [1.165, 1.54) is 6.20 Å². The largest absolute Gasteiger partial charge is 0.325 e. The lowest BCUT2D eigenvalue weighted by molar-refractivity contribution is 0.612. The summed E-state index contributed by atoms with van der Waals surface area (Å²) < 4.78 is 14.6. The van der Waals surface area contributed by atoms with Gasteiger partial charge in [-0.1, -0.05) is 0 Å². The van der Waals surface area contributed by atoms with Crippen LogP contribution in [0.3, 0.4) is 0 Å². The molecule has 0 aliphatic heterocycles. The van der Waals surface area contributed by atoms with Gasteiger partial charge in [0.1, 0.15) is 17.5 Å². The van der Waals surface area contributed by atoms with Crippen molar-refractivity contribution in [1.29, 1.82) is 0 Å². The van der Waals surface area contributed by atoms with Crippen molar-refractivity contribution < 1.29 is 4.39 Å². The van der Waals surface area contributed by atoms with Gasteiger partial charge in [0.25, 0.3) is 0 Å². The Kier molecular flexibility index (Phi) is 2.37. The van der Waals surface area contributed by atoms with Crippen LogP contribution in [0.25, 0.3) is 0 Å². The number of pyridine rings is 1. The van der Waals surface area contributed by atoms with Crippen LogP contribution in [0.4, 0.5) is 16.0 Å². The van der Waals surface area contributed by atoms with E-state index in [0.29, 0.717) is 11.4 Å². The second kappa shape index (κ2) is 3.68. The number of halogens is 1. The monoisotopic (exact) mass is 206 g/mol. The maximum atomic E-state index is 12.9. The van der Waals surface area contributed by atoms with Gasteiger partial charge in [0, 0.05) is 13.1 Å². The minimum atomic E-state index is -0.300. The van der Waals surface area contributed by atoms with E-state index in [0.717, 1.165) is 5.82 Å². The Hall–Kier alpha value is -1.91. The Morgan fingerprint density at radius 2 is 2.27 bits per heavy atom. The molecule has 5 heteroatoms. The van der Waals surface area contributed by atoms with Crippen LogP contribution in [0.5, 0.6) is 0 Å². The molecule has 78 valence electrons. The van der Waals surface area contributed by atoms with Crippen molar-refractivity contribution >= 4 is 11.6 Å². The molecule has 0 saturated carbocycles. The van der Waals surface area contributed by atoms with E-state index < -0.39 is 0 Å². The summed E-state index contributed by atoms with van der Waals surface area (Å²) >= 11 is 0. The fourth-order valence-electron chi connectivity index (χ4n) is 1.24. The zero-order valence-electron chi connectivity index (χ0n) is 8.53. The lowest BCUT2D eigenvalue weighted by Gasteiger charge is -2.06. The lowest BCUT2D eigenvalue weighted by atomic mass is 10.3. The van der Waals surface area contributed by atoms with Crippen molar-refractivity contribution in [3.8, 4) is 0 Å². The number of aromatic nitrogens is 3. The van der Waals surface area contributed by atoms with Gasteiger partial charge in [-0.25, -0.2) is 9.37 Å². The molecule has 2 aromatic rings. The summed E-state index contributed by atoms with van der Waals surface area (Å²) in [6.07, 6.45) is 2.88. The molecule has 0 bridgehead atoms. The summed E-state index contributed by atoms with van der Waals surface area (Å²) in [5.41, 5.74) is 0.565. The average molecular weight is 206 g/mol. The van der Waals surface area contributed by atoms with Gasteiger partial charge >= 0.3 is 0 Å². The number of aryl methyl sites for hydroxylation is 2. The van der Waals surface area contributed by atoms with Crippen molar-refractivity contribution in [1.82, 2.24) is 14.8 Å². The molecule has 0 saturated heterocycles. The fourth-order valence-corrected chi connectivity index (χ4v) is 1.24.